The van der Waals surface area contributed by atoms with Crippen LogP contribution in [0.2, 0.25) is 0 Å². The number of nitrogens with one attached hydrogen (secondary N) is 1. The molecule has 2 aliphatic rings. The second kappa shape index (κ2) is 5.16. The maximum Gasteiger partial charge on any atom is 0.573 e. The molecule has 6 heteroatoms. The fourth-order valence-corrected chi connectivity index (χ4v) is 3.14. The Hall–Kier alpha value is -1.43. The van der Waals surface area contributed by atoms with Crippen molar-refractivity contribution < 1.29 is 17.9 Å². The van der Waals surface area contributed by atoms with E-state index in [-0.39, 0.29) is 5.75 Å². The maximum absolute atomic E-state index is 12.2. The molecular formula is C14H17F3N2O. The summed E-state index contributed by atoms with van der Waals surface area (Å²) in [5, 5.41) is 3.36. The number of halogens is 3. The highest BCUT2D eigenvalue weighted by molar-refractivity contribution is 5.49. The van der Waals surface area contributed by atoms with Gasteiger partial charge in [0, 0.05) is 30.9 Å². The van der Waals surface area contributed by atoms with Crippen molar-refractivity contribution in [1.82, 2.24) is 4.90 Å². The minimum absolute atomic E-state index is 0.175. The monoisotopic (exact) mass is 286 g/mol. The lowest BCUT2D eigenvalue weighted by Crippen LogP contribution is -2.39. The fraction of sp³-hybridized carbons (Fsp3) is 0.571. The highest BCUT2D eigenvalue weighted by atomic mass is 19.4. The van der Waals surface area contributed by atoms with Gasteiger partial charge in [-0.15, -0.1) is 13.2 Å². The minimum atomic E-state index is -4.64. The summed E-state index contributed by atoms with van der Waals surface area (Å²) in [6.07, 6.45) is -2.44. The molecule has 3 atom stereocenters. The molecule has 2 saturated heterocycles. The zero-order valence-corrected chi connectivity index (χ0v) is 11.0. The van der Waals surface area contributed by atoms with E-state index >= 15 is 0 Å². The lowest BCUT2D eigenvalue weighted by Gasteiger charge is -2.31. The Morgan fingerprint density at radius 2 is 2.00 bits per heavy atom. The molecule has 1 aromatic carbocycles. The van der Waals surface area contributed by atoms with Crippen molar-refractivity contribution in [2.24, 2.45) is 5.92 Å². The molecule has 0 aromatic heterocycles. The Kier molecular flexibility index (Phi) is 3.50. The molecule has 0 amide bonds. The summed E-state index contributed by atoms with van der Waals surface area (Å²) in [5.74, 6) is 0.419. The number of nitrogens with zero attached hydrogens (tertiary/aromatic N) is 1. The Balaban J connectivity index is 1.66. The van der Waals surface area contributed by atoms with Crippen LogP contribution in [-0.2, 0) is 0 Å². The third-order valence-electron chi connectivity index (χ3n) is 4.05. The Morgan fingerprint density at radius 3 is 2.80 bits per heavy atom. The molecule has 1 N–H and O–H groups in total. The molecule has 2 fully saturated rings. The molecule has 3 nitrogen and oxygen atoms in total. The van der Waals surface area contributed by atoms with E-state index in [4.69, 9.17) is 0 Å². The van der Waals surface area contributed by atoms with Gasteiger partial charge in [-0.25, -0.2) is 0 Å². The van der Waals surface area contributed by atoms with Crippen molar-refractivity contribution in [1.29, 1.82) is 0 Å². The van der Waals surface area contributed by atoms with E-state index in [1.807, 2.05) is 0 Å². The minimum Gasteiger partial charge on any atom is -0.406 e. The summed E-state index contributed by atoms with van der Waals surface area (Å²) in [6.45, 7) is 3.30. The summed E-state index contributed by atoms with van der Waals surface area (Å²) < 4.78 is 40.6. The van der Waals surface area contributed by atoms with E-state index in [9.17, 15) is 13.2 Å². The average Bonchev–Trinajstić information content (AvgIpc) is 2.74. The third-order valence-corrected chi connectivity index (χ3v) is 4.05. The molecule has 0 saturated carbocycles. The molecule has 1 aromatic rings. The first-order valence-corrected chi connectivity index (χ1v) is 6.84. The van der Waals surface area contributed by atoms with Crippen molar-refractivity contribution in [3.8, 4) is 5.75 Å². The Morgan fingerprint density at radius 1 is 1.20 bits per heavy atom. The van der Waals surface area contributed by atoms with Crippen molar-refractivity contribution in [3.05, 3.63) is 24.3 Å². The lowest BCUT2D eigenvalue weighted by molar-refractivity contribution is -0.274. The van der Waals surface area contributed by atoms with Gasteiger partial charge in [-0.2, -0.15) is 0 Å². The van der Waals surface area contributed by atoms with Gasteiger partial charge in [0.15, 0.2) is 0 Å². The third kappa shape index (κ3) is 3.17. The molecule has 3 unspecified atom stereocenters. The van der Waals surface area contributed by atoms with E-state index in [1.54, 1.807) is 12.1 Å². The van der Waals surface area contributed by atoms with Crippen LogP contribution in [0.5, 0.6) is 5.75 Å². The number of hydrogen-bond acceptors (Lipinski definition) is 3. The normalized spacial score (nSPS) is 29.2. The number of benzene rings is 1. The van der Waals surface area contributed by atoms with Crippen LogP contribution in [0, 0.1) is 5.92 Å². The largest absolute Gasteiger partial charge is 0.573 e. The summed E-state index contributed by atoms with van der Waals surface area (Å²) in [6, 6.07) is 6.43. The van der Waals surface area contributed by atoms with Crippen molar-refractivity contribution in [2.75, 3.05) is 25.0 Å². The Labute approximate surface area is 115 Å². The van der Waals surface area contributed by atoms with E-state index < -0.39 is 6.36 Å². The molecule has 20 heavy (non-hydrogen) atoms. The van der Waals surface area contributed by atoms with Gasteiger partial charge >= 0.3 is 6.36 Å². The molecule has 3 rings (SSSR count). The SMILES string of the molecule is FC(F)(F)Oc1cccc(NC2CCN3CCC2C3)c1. The number of hydrogen-bond donors (Lipinski definition) is 1. The molecule has 0 radical (unpaired) electrons. The first-order valence-electron chi connectivity index (χ1n) is 6.84. The average molecular weight is 286 g/mol. The molecule has 0 aliphatic carbocycles. The molecule has 2 bridgehead atoms. The van der Waals surface area contributed by atoms with Crippen LogP contribution in [0.25, 0.3) is 0 Å². The van der Waals surface area contributed by atoms with E-state index in [0.29, 0.717) is 17.6 Å². The van der Waals surface area contributed by atoms with Crippen LogP contribution in [0.1, 0.15) is 12.8 Å². The van der Waals surface area contributed by atoms with Gasteiger partial charge in [0.1, 0.15) is 5.75 Å². The van der Waals surface area contributed by atoms with Crippen molar-refractivity contribution in [3.63, 3.8) is 0 Å². The number of rotatable bonds is 3. The van der Waals surface area contributed by atoms with Crippen LogP contribution >= 0.6 is 0 Å². The maximum atomic E-state index is 12.2. The first kappa shape index (κ1) is 13.5. The smallest absolute Gasteiger partial charge is 0.406 e. The zero-order valence-electron chi connectivity index (χ0n) is 11.0. The van der Waals surface area contributed by atoms with Crippen LogP contribution in [0.4, 0.5) is 18.9 Å². The fourth-order valence-electron chi connectivity index (χ4n) is 3.14. The zero-order chi connectivity index (χ0) is 14.2. The molecular weight excluding hydrogens is 269 g/mol. The summed E-state index contributed by atoms with van der Waals surface area (Å²) in [4.78, 5) is 2.44. The predicted molar refractivity (Wildman–Crippen MR) is 69.7 cm³/mol. The van der Waals surface area contributed by atoms with Crippen LogP contribution in [-0.4, -0.2) is 36.9 Å². The standard InChI is InChI=1S/C14H17F3N2O/c15-14(16,17)20-12-3-1-2-11(8-12)18-13-5-7-19-6-4-10(13)9-19/h1-3,8,10,13,18H,4-7,9H2. The second-order valence-corrected chi connectivity index (χ2v) is 5.46. The van der Waals surface area contributed by atoms with Crippen LogP contribution in [0.15, 0.2) is 24.3 Å². The van der Waals surface area contributed by atoms with Gasteiger partial charge in [-0.05, 0) is 37.4 Å². The summed E-state index contributed by atoms with van der Waals surface area (Å²) in [7, 11) is 0. The van der Waals surface area contributed by atoms with Gasteiger partial charge in [-0.3, -0.25) is 0 Å². The highest BCUT2D eigenvalue weighted by Gasteiger charge is 2.34. The van der Waals surface area contributed by atoms with Gasteiger partial charge in [0.05, 0.1) is 0 Å². The van der Waals surface area contributed by atoms with Crippen LogP contribution in [0.3, 0.4) is 0 Å². The van der Waals surface area contributed by atoms with Gasteiger partial charge < -0.3 is 15.0 Å². The number of fused-ring (bicyclic) bond motifs is 2. The molecule has 2 heterocycles. The van der Waals surface area contributed by atoms with Gasteiger partial charge in [0.2, 0.25) is 0 Å². The Bertz CT molecular complexity index is 478. The number of piperidine rings is 1. The van der Waals surface area contributed by atoms with Crippen molar-refractivity contribution in [2.45, 2.75) is 25.2 Å². The number of alkyl halides is 3. The highest BCUT2D eigenvalue weighted by Crippen LogP contribution is 2.31. The second-order valence-electron chi connectivity index (χ2n) is 5.46. The van der Waals surface area contributed by atoms with E-state index in [2.05, 4.69) is 15.0 Å². The van der Waals surface area contributed by atoms with Gasteiger partial charge in [0.25, 0.3) is 0 Å². The molecule has 0 spiro atoms. The summed E-state index contributed by atoms with van der Waals surface area (Å²) in [5.41, 5.74) is 0.692. The van der Waals surface area contributed by atoms with Crippen molar-refractivity contribution >= 4 is 5.69 Å². The number of anilines is 1. The topological polar surface area (TPSA) is 24.5 Å². The quantitative estimate of drug-likeness (QED) is 0.924. The van der Waals surface area contributed by atoms with Gasteiger partial charge in [-0.1, -0.05) is 6.07 Å². The van der Waals surface area contributed by atoms with Crippen LogP contribution < -0.4 is 10.1 Å². The number of ether oxygens (including phenoxy) is 1. The summed E-state index contributed by atoms with van der Waals surface area (Å²) >= 11 is 0. The predicted octanol–water partition coefficient (Wildman–Crippen LogP) is 3.09. The van der Waals surface area contributed by atoms with E-state index in [0.717, 1.165) is 32.5 Å². The molecule has 110 valence electrons. The first-order chi connectivity index (χ1) is 9.49. The lowest BCUT2D eigenvalue weighted by atomic mass is 9.94. The molecule has 2 aliphatic heterocycles. The van der Waals surface area contributed by atoms with E-state index in [1.165, 1.54) is 12.1 Å².